The highest BCUT2D eigenvalue weighted by atomic mass is 16.1. The highest BCUT2D eigenvalue weighted by molar-refractivity contribution is 5.89. The van der Waals surface area contributed by atoms with Gasteiger partial charge in [0.05, 0.1) is 23.5 Å². The Morgan fingerprint density at radius 3 is 2.68 bits per heavy atom. The van der Waals surface area contributed by atoms with Gasteiger partial charge in [0, 0.05) is 24.1 Å². The fourth-order valence-corrected chi connectivity index (χ4v) is 3.83. The molecule has 1 unspecified atom stereocenters. The number of aryl methyl sites for hydroxylation is 1. The van der Waals surface area contributed by atoms with Crippen LogP contribution < -0.4 is 5.32 Å². The van der Waals surface area contributed by atoms with Crippen LogP contribution in [0.2, 0.25) is 0 Å². The maximum absolute atomic E-state index is 12.9. The first kappa shape index (κ1) is 18.3. The van der Waals surface area contributed by atoms with E-state index in [1.165, 1.54) is 0 Å². The lowest BCUT2D eigenvalue weighted by Gasteiger charge is -2.18. The Hall–Kier alpha value is -3.08. The van der Waals surface area contributed by atoms with Gasteiger partial charge in [0.1, 0.15) is 5.82 Å². The van der Waals surface area contributed by atoms with Crippen LogP contribution in [0, 0.1) is 5.92 Å². The Morgan fingerprint density at radius 2 is 1.89 bits per heavy atom. The van der Waals surface area contributed by atoms with E-state index in [4.69, 9.17) is 4.98 Å². The van der Waals surface area contributed by atoms with Crippen LogP contribution in [0.4, 0.5) is 0 Å². The Labute approximate surface area is 164 Å². The van der Waals surface area contributed by atoms with E-state index in [0.29, 0.717) is 12.3 Å². The number of hydrogen-bond donors (Lipinski definition) is 2. The number of aromatic amines is 1. The summed E-state index contributed by atoms with van der Waals surface area (Å²) in [5, 5.41) is 4.34. The van der Waals surface area contributed by atoms with Gasteiger partial charge in [0.2, 0.25) is 5.91 Å². The summed E-state index contributed by atoms with van der Waals surface area (Å²) >= 11 is 0. The van der Waals surface area contributed by atoms with E-state index in [0.717, 1.165) is 39.7 Å². The smallest absolute Gasteiger partial charge is 0.225 e. The molecule has 5 heteroatoms. The normalized spacial score (nSPS) is 12.7. The van der Waals surface area contributed by atoms with Crippen LogP contribution in [0.15, 0.2) is 54.7 Å². The van der Waals surface area contributed by atoms with Gasteiger partial charge in [-0.3, -0.25) is 4.79 Å². The maximum Gasteiger partial charge on any atom is 0.225 e. The Kier molecular flexibility index (Phi) is 4.90. The van der Waals surface area contributed by atoms with E-state index in [1.807, 2.05) is 49.6 Å². The van der Waals surface area contributed by atoms with Crippen LogP contribution in [0.1, 0.15) is 37.7 Å². The first-order valence-corrected chi connectivity index (χ1v) is 9.78. The Morgan fingerprint density at radius 1 is 1.14 bits per heavy atom. The number of para-hydroxylation sites is 3. The molecule has 2 N–H and O–H groups in total. The minimum Gasteiger partial charge on any atom is -0.350 e. The maximum atomic E-state index is 12.9. The highest BCUT2D eigenvalue weighted by Crippen LogP contribution is 2.24. The summed E-state index contributed by atoms with van der Waals surface area (Å²) in [6.07, 6.45) is 3.24. The third-order valence-corrected chi connectivity index (χ3v) is 5.11. The minimum absolute atomic E-state index is 0.0162. The van der Waals surface area contributed by atoms with E-state index in [-0.39, 0.29) is 11.9 Å². The fraction of sp³-hybridized carbons (Fsp3) is 0.304. The van der Waals surface area contributed by atoms with E-state index < -0.39 is 0 Å². The molecule has 2 aromatic heterocycles. The van der Waals surface area contributed by atoms with Gasteiger partial charge in [-0.05, 0) is 36.1 Å². The molecular formula is C23H26N4O. The summed E-state index contributed by atoms with van der Waals surface area (Å²) in [4.78, 5) is 21.0. The first-order chi connectivity index (χ1) is 13.5. The predicted molar refractivity (Wildman–Crippen MR) is 113 cm³/mol. The molecule has 4 rings (SSSR count). The third-order valence-electron chi connectivity index (χ3n) is 5.11. The van der Waals surface area contributed by atoms with Crippen molar-refractivity contribution in [1.29, 1.82) is 0 Å². The van der Waals surface area contributed by atoms with Crippen molar-refractivity contribution < 1.29 is 4.79 Å². The summed E-state index contributed by atoms with van der Waals surface area (Å²) in [6.45, 7) is 4.32. The highest BCUT2D eigenvalue weighted by Gasteiger charge is 2.20. The number of carbonyl (C=O) groups is 1. The van der Waals surface area contributed by atoms with Crippen molar-refractivity contribution in [1.82, 2.24) is 19.9 Å². The second-order valence-corrected chi connectivity index (χ2v) is 7.85. The van der Waals surface area contributed by atoms with Gasteiger partial charge >= 0.3 is 0 Å². The van der Waals surface area contributed by atoms with Crippen LogP contribution in [0.5, 0.6) is 0 Å². The molecule has 144 valence electrons. The van der Waals surface area contributed by atoms with Gasteiger partial charge in [-0.1, -0.05) is 44.2 Å². The van der Waals surface area contributed by atoms with E-state index in [9.17, 15) is 4.79 Å². The number of nitrogens with one attached hydrogen (secondary N) is 2. The second kappa shape index (κ2) is 7.50. The topological polar surface area (TPSA) is 62.7 Å². The van der Waals surface area contributed by atoms with Crippen molar-refractivity contribution in [2.24, 2.45) is 13.0 Å². The molecule has 1 amide bonds. The molecule has 5 nitrogen and oxygen atoms in total. The molecule has 0 aliphatic rings. The van der Waals surface area contributed by atoms with E-state index in [2.05, 4.69) is 40.8 Å². The zero-order valence-corrected chi connectivity index (χ0v) is 16.6. The standard InChI is InChI=1S/C23H26N4O/c1-15(2)12-20(23-25-18-9-5-6-10-19(18)26-23)24-22(28)13-16-14-27(3)21-11-7-4-8-17(16)21/h4-11,14-15,20H,12-13H2,1-3H3,(H,24,28)(H,25,26). The number of hydrogen-bond acceptors (Lipinski definition) is 2. The number of fused-ring (bicyclic) bond motifs is 2. The Bertz CT molecular complexity index is 1090. The van der Waals surface area contributed by atoms with Crippen LogP contribution in [-0.4, -0.2) is 20.4 Å². The van der Waals surface area contributed by atoms with Crippen LogP contribution in [0.25, 0.3) is 21.9 Å². The molecule has 0 radical (unpaired) electrons. The van der Waals surface area contributed by atoms with Crippen LogP contribution in [-0.2, 0) is 18.3 Å². The van der Waals surface area contributed by atoms with E-state index in [1.54, 1.807) is 0 Å². The van der Waals surface area contributed by atoms with Crippen molar-refractivity contribution in [2.75, 3.05) is 0 Å². The molecule has 2 heterocycles. The number of amides is 1. The molecule has 0 saturated heterocycles. The summed E-state index contributed by atoms with van der Waals surface area (Å²) in [6, 6.07) is 16.0. The van der Waals surface area contributed by atoms with Crippen molar-refractivity contribution in [3.05, 3.63) is 66.1 Å². The van der Waals surface area contributed by atoms with Gasteiger partial charge in [-0.15, -0.1) is 0 Å². The molecule has 0 aliphatic heterocycles. The molecule has 4 aromatic rings. The largest absolute Gasteiger partial charge is 0.350 e. The SMILES string of the molecule is CC(C)CC(NC(=O)Cc1cn(C)c2ccccc12)c1nc2ccccc2[nH]1. The first-order valence-electron chi connectivity index (χ1n) is 9.78. The van der Waals surface area contributed by atoms with Gasteiger partial charge in [-0.25, -0.2) is 4.98 Å². The number of nitrogens with zero attached hydrogens (tertiary/aromatic N) is 2. The monoisotopic (exact) mass is 374 g/mol. The lowest BCUT2D eigenvalue weighted by atomic mass is 10.0. The molecule has 0 bridgehead atoms. The third kappa shape index (κ3) is 3.65. The second-order valence-electron chi connectivity index (χ2n) is 7.85. The summed E-state index contributed by atoms with van der Waals surface area (Å²) in [7, 11) is 2.01. The summed E-state index contributed by atoms with van der Waals surface area (Å²) in [5.74, 6) is 1.28. The van der Waals surface area contributed by atoms with Gasteiger partial charge < -0.3 is 14.9 Å². The molecule has 1 atom stereocenters. The average Bonchev–Trinajstić information content (AvgIpc) is 3.23. The zero-order chi connectivity index (χ0) is 19.7. The predicted octanol–water partition coefficient (Wildman–Crippen LogP) is 4.50. The Balaban J connectivity index is 1.56. The van der Waals surface area contributed by atoms with Crippen LogP contribution in [0.3, 0.4) is 0 Å². The minimum atomic E-state index is -0.130. The molecule has 0 spiro atoms. The van der Waals surface area contributed by atoms with Crippen molar-refractivity contribution in [3.63, 3.8) is 0 Å². The number of rotatable bonds is 6. The number of H-pyrrole nitrogens is 1. The molecule has 2 aromatic carbocycles. The number of imidazole rings is 1. The molecule has 0 fully saturated rings. The molecule has 0 aliphatic carbocycles. The number of carbonyl (C=O) groups excluding carboxylic acids is 1. The van der Waals surface area contributed by atoms with Gasteiger partial charge in [0.25, 0.3) is 0 Å². The molecular weight excluding hydrogens is 348 g/mol. The van der Waals surface area contributed by atoms with Gasteiger partial charge in [0.15, 0.2) is 0 Å². The van der Waals surface area contributed by atoms with Crippen molar-refractivity contribution in [2.45, 2.75) is 32.7 Å². The zero-order valence-electron chi connectivity index (χ0n) is 16.6. The summed E-state index contributed by atoms with van der Waals surface area (Å²) < 4.78 is 2.07. The fourth-order valence-electron chi connectivity index (χ4n) is 3.83. The van der Waals surface area contributed by atoms with Crippen molar-refractivity contribution >= 4 is 27.8 Å². The molecule has 0 saturated carbocycles. The average molecular weight is 374 g/mol. The van der Waals surface area contributed by atoms with E-state index >= 15 is 0 Å². The molecule has 28 heavy (non-hydrogen) atoms. The van der Waals surface area contributed by atoms with Crippen molar-refractivity contribution in [3.8, 4) is 0 Å². The summed E-state index contributed by atoms with van der Waals surface area (Å²) in [5.41, 5.74) is 4.11. The van der Waals surface area contributed by atoms with Crippen LogP contribution >= 0.6 is 0 Å². The lowest BCUT2D eigenvalue weighted by Crippen LogP contribution is -2.31. The number of benzene rings is 2. The van der Waals surface area contributed by atoms with Gasteiger partial charge in [-0.2, -0.15) is 0 Å². The number of aromatic nitrogens is 3. The lowest BCUT2D eigenvalue weighted by molar-refractivity contribution is -0.121. The quantitative estimate of drug-likeness (QED) is 0.522.